The molecule has 2 aromatic rings. The van der Waals surface area contributed by atoms with Crippen LogP contribution in [0.5, 0.6) is 5.75 Å². The van der Waals surface area contributed by atoms with Crippen molar-refractivity contribution in [3.05, 3.63) is 63.0 Å². The Morgan fingerprint density at radius 1 is 1.32 bits per heavy atom. The van der Waals surface area contributed by atoms with Crippen molar-refractivity contribution >= 4 is 52.2 Å². The lowest BCUT2D eigenvalue weighted by molar-refractivity contribution is -0.115. The summed E-state index contributed by atoms with van der Waals surface area (Å²) < 4.78 is 10.2. The van der Waals surface area contributed by atoms with E-state index in [9.17, 15) is 9.59 Å². The molecule has 2 aliphatic heterocycles. The van der Waals surface area contributed by atoms with Gasteiger partial charge in [0.05, 0.1) is 34.9 Å². The van der Waals surface area contributed by atoms with Crippen molar-refractivity contribution in [2.45, 2.75) is 6.42 Å². The lowest BCUT2D eigenvalue weighted by Crippen LogP contribution is -2.19. The second-order valence-corrected chi connectivity index (χ2v) is 7.54. The maximum absolute atomic E-state index is 12.3. The van der Waals surface area contributed by atoms with Crippen LogP contribution in [-0.4, -0.2) is 30.8 Å². The molecule has 2 heterocycles. The van der Waals surface area contributed by atoms with E-state index in [2.05, 4.69) is 15.0 Å². The maximum Gasteiger partial charge on any atom is 0.337 e. The number of rotatable bonds is 3. The van der Waals surface area contributed by atoms with Gasteiger partial charge in [-0.05, 0) is 59.3 Å². The van der Waals surface area contributed by atoms with Gasteiger partial charge in [-0.1, -0.05) is 17.7 Å². The number of halogens is 1. The summed E-state index contributed by atoms with van der Waals surface area (Å²) in [7, 11) is 1.30. The molecule has 1 fully saturated rings. The summed E-state index contributed by atoms with van der Waals surface area (Å²) in [6, 6.07) is 10.5. The molecule has 0 atom stereocenters. The molecule has 1 N–H and O–H groups in total. The first-order valence-electron chi connectivity index (χ1n) is 8.46. The zero-order valence-electron chi connectivity index (χ0n) is 14.8. The number of benzene rings is 2. The number of hydrogen-bond donors (Lipinski definition) is 1. The summed E-state index contributed by atoms with van der Waals surface area (Å²) >= 11 is 7.44. The summed E-state index contributed by atoms with van der Waals surface area (Å²) in [4.78, 5) is 28.8. The molecule has 0 spiro atoms. The number of carbonyl (C=O) groups is 2. The summed E-state index contributed by atoms with van der Waals surface area (Å²) in [5, 5.41) is 3.45. The quantitative estimate of drug-likeness (QED) is 0.607. The lowest BCUT2D eigenvalue weighted by Gasteiger charge is -2.03. The van der Waals surface area contributed by atoms with Crippen molar-refractivity contribution < 1.29 is 19.1 Å². The lowest BCUT2D eigenvalue weighted by atomic mass is 10.1. The van der Waals surface area contributed by atoms with Gasteiger partial charge >= 0.3 is 5.97 Å². The first-order valence-corrected chi connectivity index (χ1v) is 9.66. The van der Waals surface area contributed by atoms with Crippen molar-refractivity contribution in [3.8, 4) is 5.75 Å². The molecule has 28 heavy (non-hydrogen) atoms. The number of esters is 1. The van der Waals surface area contributed by atoms with E-state index < -0.39 is 5.97 Å². The second kappa shape index (κ2) is 7.69. The van der Waals surface area contributed by atoms with Crippen molar-refractivity contribution in [3.63, 3.8) is 0 Å². The van der Waals surface area contributed by atoms with Gasteiger partial charge in [-0.25, -0.2) is 9.79 Å². The fourth-order valence-electron chi connectivity index (χ4n) is 2.88. The highest BCUT2D eigenvalue weighted by molar-refractivity contribution is 8.18. The van der Waals surface area contributed by atoms with Gasteiger partial charge < -0.3 is 14.8 Å². The Balaban J connectivity index is 1.55. The van der Waals surface area contributed by atoms with Gasteiger partial charge in [0.1, 0.15) is 5.75 Å². The van der Waals surface area contributed by atoms with Crippen LogP contribution in [0, 0.1) is 0 Å². The van der Waals surface area contributed by atoms with E-state index in [0.29, 0.717) is 33.0 Å². The van der Waals surface area contributed by atoms with E-state index in [-0.39, 0.29) is 5.91 Å². The van der Waals surface area contributed by atoms with E-state index in [1.807, 2.05) is 24.3 Å². The Morgan fingerprint density at radius 2 is 2.18 bits per heavy atom. The minimum atomic E-state index is -0.477. The third kappa shape index (κ3) is 3.76. The van der Waals surface area contributed by atoms with E-state index in [1.165, 1.54) is 24.9 Å². The number of aliphatic imine (C=N–C) groups is 1. The Labute approximate surface area is 170 Å². The predicted molar refractivity (Wildman–Crippen MR) is 109 cm³/mol. The third-order valence-corrected chi connectivity index (χ3v) is 5.47. The van der Waals surface area contributed by atoms with Gasteiger partial charge in [0, 0.05) is 6.42 Å². The maximum atomic E-state index is 12.3. The smallest absolute Gasteiger partial charge is 0.337 e. The van der Waals surface area contributed by atoms with Crippen LogP contribution < -0.4 is 10.1 Å². The molecule has 6 nitrogen and oxygen atoms in total. The number of fused-ring (bicyclic) bond motifs is 1. The molecule has 0 aliphatic carbocycles. The highest BCUT2D eigenvalue weighted by Crippen LogP contribution is 2.33. The molecule has 4 rings (SSSR count). The Hall–Kier alpha value is -2.77. The molecule has 0 bridgehead atoms. The van der Waals surface area contributed by atoms with Crippen LogP contribution in [0.3, 0.4) is 0 Å². The Morgan fingerprint density at radius 3 is 2.96 bits per heavy atom. The van der Waals surface area contributed by atoms with E-state index in [0.717, 1.165) is 23.3 Å². The largest absolute Gasteiger partial charge is 0.493 e. The molecule has 1 amide bonds. The van der Waals surface area contributed by atoms with Crippen LogP contribution in [0.15, 0.2) is 46.3 Å². The van der Waals surface area contributed by atoms with Crippen LogP contribution in [0.4, 0.5) is 5.69 Å². The summed E-state index contributed by atoms with van der Waals surface area (Å²) in [5.74, 6) is 0.204. The van der Waals surface area contributed by atoms with Gasteiger partial charge in [0.15, 0.2) is 5.17 Å². The number of thioether (sulfide) groups is 1. The van der Waals surface area contributed by atoms with Crippen LogP contribution in [0.25, 0.3) is 6.08 Å². The highest BCUT2D eigenvalue weighted by Gasteiger charge is 2.24. The number of amides is 1. The fraction of sp³-hybridized carbons (Fsp3) is 0.150. The van der Waals surface area contributed by atoms with Crippen molar-refractivity contribution in [1.29, 1.82) is 0 Å². The van der Waals surface area contributed by atoms with Crippen LogP contribution in [0.1, 0.15) is 21.5 Å². The van der Waals surface area contributed by atoms with Gasteiger partial charge in [0.2, 0.25) is 0 Å². The minimum Gasteiger partial charge on any atom is -0.493 e. The second-order valence-electron chi connectivity index (χ2n) is 6.11. The zero-order valence-corrected chi connectivity index (χ0v) is 16.4. The van der Waals surface area contributed by atoms with Gasteiger partial charge in [-0.3, -0.25) is 4.79 Å². The van der Waals surface area contributed by atoms with Gasteiger partial charge in [-0.2, -0.15) is 0 Å². The monoisotopic (exact) mass is 414 g/mol. The first kappa shape index (κ1) is 18.6. The average molecular weight is 415 g/mol. The first-order chi connectivity index (χ1) is 13.5. The van der Waals surface area contributed by atoms with Crippen LogP contribution in [-0.2, 0) is 16.0 Å². The minimum absolute atomic E-state index is 0.220. The molecule has 2 aliphatic rings. The van der Waals surface area contributed by atoms with Gasteiger partial charge in [0.25, 0.3) is 5.91 Å². The van der Waals surface area contributed by atoms with Crippen molar-refractivity contribution in [1.82, 2.24) is 5.32 Å². The topological polar surface area (TPSA) is 77.0 Å². The fourth-order valence-corrected chi connectivity index (χ4v) is 3.94. The van der Waals surface area contributed by atoms with E-state index >= 15 is 0 Å². The molecular formula is C20H15ClN2O4S. The molecule has 8 heteroatoms. The average Bonchev–Trinajstić information content (AvgIpc) is 3.29. The number of amidine groups is 1. The molecule has 0 aromatic heterocycles. The SMILES string of the molecule is COC(=O)c1ccc(N=C2NC(=O)/C(=C\c3ccc4c(c3)CCO4)S2)c(Cl)c1. The molecule has 0 radical (unpaired) electrons. The number of methoxy groups -OCH3 is 1. The molecule has 0 unspecified atom stereocenters. The zero-order chi connectivity index (χ0) is 19.7. The molecule has 1 saturated heterocycles. The highest BCUT2D eigenvalue weighted by atomic mass is 35.5. The van der Waals surface area contributed by atoms with Crippen LogP contribution in [0.2, 0.25) is 5.02 Å². The molecule has 0 saturated carbocycles. The molecular weight excluding hydrogens is 400 g/mol. The summed E-state index contributed by atoms with van der Waals surface area (Å²) in [6.07, 6.45) is 2.70. The number of hydrogen-bond acceptors (Lipinski definition) is 6. The third-order valence-electron chi connectivity index (χ3n) is 4.25. The van der Waals surface area contributed by atoms with Crippen molar-refractivity contribution in [2.24, 2.45) is 4.99 Å². The van der Waals surface area contributed by atoms with Crippen molar-refractivity contribution in [2.75, 3.05) is 13.7 Å². The summed E-state index contributed by atoms with van der Waals surface area (Å²) in [6.45, 7) is 0.691. The number of ether oxygens (including phenoxy) is 2. The molecule has 2 aromatic carbocycles. The molecule has 142 valence electrons. The number of nitrogens with zero attached hydrogens (tertiary/aromatic N) is 1. The van der Waals surface area contributed by atoms with Crippen LogP contribution >= 0.6 is 23.4 Å². The van der Waals surface area contributed by atoms with E-state index in [4.69, 9.17) is 16.3 Å². The Kier molecular flexibility index (Phi) is 5.11. The number of carbonyl (C=O) groups excluding carboxylic acids is 2. The summed E-state index contributed by atoms with van der Waals surface area (Å²) in [5.41, 5.74) is 2.86. The van der Waals surface area contributed by atoms with Gasteiger partial charge in [-0.15, -0.1) is 0 Å². The predicted octanol–water partition coefficient (Wildman–Crippen LogP) is 3.95. The Bertz CT molecular complexity index is 1050. The standard InChI is InChI=1S/C20H15ClN2O4S/c1-26-19(25)13-3-4-15(14(21)10-13)22-20-23-18(24)17(28-20)9-11-2-5-16-12(8-11)6-7-27-16/h2-5,8-10H,6-7H2,1H3,(H,22,23,24)/b17-9+. The number of nitrogens with one attached hydrogen (secondary N) is 1. The van der Waals surface area contributed by atoms with E-state index in [1.54, 1.807) is 12.1 Å². The normalized spacial score (nSPS) is 18.1.